The Labute approximate surface area is 160 Å². The van der Waals surface area contributed by atoms with E-state index in [2.05, 4.69) is 66.5 Å². The predicted octanol–water partition coefficient (Wildman–Crippen LogP) is 7.40. The van der Waals surface area contributed by atoms with E-state index in [1.165, 1.54) is 54.1 Å². The Morgan fingerprint density at radius 3 is 2.33 bits per heavy atom. The molecule has 27 heavy (non-hydrogen) atoms. The summed E-state index contributed by atoms with van der Waals surface area (Å²) in [5.41, 5.74) is 5.70. The summed E-state index contributed by atoms with van der Waals surface area (Å²) in [7, 11) is 2.12. The van der Waals surface area contributed by atoms with Crippen molar-refractivity contribution in [3.8, 4) is 0 Å². The van der Waals surface area contributed by atoms with Crippen LogP contribution < -0.4 is 4.90 Å². The van der Waals surface area contributed by atoms with Crippen molar-refractivity contribution in [2.24, 2.45) is 0 Å². The highest BCUT2D eigenvalue weighted by atomic mass is 16.3. The maximum Gasteiger partial charge on any atom is 0.159 e. The van der Waals surface area contributed by atoms with E-state index in [9.17, 15) is 0 Å². The number of nitrogens with zero attached hydrogens (tertiary/aromatic N) is 1. The first-order chi connectivity index (χ1) is 13.3. The summed E-state index contributed by atoms with van der Waals surface area (Å²) >= 11 is 0. The molecular formula is C25H25NO. The van der Waals surface area contributed by atoms with E-state index in [0.717, 1.165) is 22.8 Å². The number of hydrogen-bond acceptors (Lipinski definition) is 2. The van der Waals surface area contributed by atoms with Crippen LogP contribution in [0.2, 0.25) is 0 Å². The highest BCUT2D eigenvalue weighted by Crippen LogP contribution is 2.38. The molecule has 0 saturated heterocycles. The van der Waals surface area contributed by atoms with Gasteiger partial charge in [-0.25, -0.2) is 0 Å². The second kappa shape index (κ2) is 6.77. The largest absolute Gasteiger partial charge is 0.454 e. The van der Waals surface area contributed by atoms with Crippen LogP contribution in [0.4, 0.5) is 11.4 Å². The van der Waals surface area contributed by atoms with Crippen molar-refractivity contribution in [1.29, 1.82) is 0 Å². The minimum absolute atomic E-state index is 0.747. The van der Waals surface area contributed by atoms with E-state index < -0.39 is 0 Å². The Bertz CT molecular complexity index is 1070. The zero-order valence-electron chi connectivity index (χ0n) is 15.8. The minimum atomic E-state index is 0.747. The number of benzene rings is 3. The van der Waals surface area contributed by atoms with Crippen LogP contribution in [-0.4, -0.2) is 7.05 Å². The van der Waals surface area contributed by atoms with Gasteiger partial charge < -0.3 is 9.32 Å². The minimum Gasteiger partial charge on any atom is -0.454 e. The maximum absolute atomic E-state index is 6.20. The Morgan fingerprint density at radius 1 is 0.778 bits per heavy atom. The van der Waals surface area contributed by atoms with Gasteiger partial charge in [0.2, 0.25) is 0 Å². The number of furan rings is 1. The van der Waals surface area contributed by atoms with Gasteiger partial charge in [0, 0.05) is 23.5 Å². The van der Waals surface area contributed by atoms with E-state index >= 15 is 0 Å². The van der Waals surface area contributed by atoms with Crippen molar-refractivity contribution in [3.05, 3.63) is 72.3 Å². The summed E-state index contributed by atoms with van der Waals surface area (Å²) < 4.78 is 6.20. The van der Waals surface area contributed by atoms with Crippen molar-refractivity contribution >= 4 is 33.3 Å². The van der Waals surface area contributed by atoms with Crippen LogP contribution in [-0.2, 0) is 0 Å². The van der Waals surface area contributed by atoms with Gasteiger partial charge in [-0.2, -0.15) is 0 Å². The summed E-state index contributed by atoms with van der Waals surface area (Å²) in [5.74, 6) is 0.747. The number of hydrogen-bond donors (Lipinski definition) is 0. The summed E-state index contributed by atoms with van der Waals surface area (Å²) in [6.45, 7) is 0. The zero-order chi connectivity index (χ0) is 18.2. The molecular weight excluding hydrogens is 330 g/mol. The molecule has 136 valence electrons. The Morgan fingerprint density at radius 2 is 1.52 bits per heavy atom. The Kier molecular flexibility index (Phi) is 4.12. The lowest BCUT2D eigenvalue weighted by molar-refractivity contribution is 0.443. The van der Waals surface area contributed by atoms with Crippen molar-refractivity contribution in [2.45, 2.75) is 38.0 Å². The van der Waals surface area contributed by atoms with Crippen LogP contribution in [0.15, 0.2) is 71.1 Å². The summed E-state index contributed by atoms with van der Waals surface area (Å²) in [4.78, 5) is 2.23. The predicted molar refractivity (Wildman–Crippen MR) is 114 cm³/mol. The second-order valence-electron chi connectivity index (χ2n) is 7.74. The molecule has 0 aliphatic heterocycles. The number of para-hydroxylation sites is 2. The lowest BCUT2D eigenvalue weighted by Gasteiger charge is -2.24. The monoisotopic (exact) mass is 355 g/mol. The molecule has 1 heterocycles. The first-order valence-corrected chi connectivity index (χ1v) is 10.1. The van der Waals surface area contributed by atoms with Gasteiger partial charge in [-0.3, -0.25) is 0 Å². The standard InChI is InChI=1S/C25H25NO/c1-26(20-16-14-19(15-17-20)18-8-3-2-4-9-18)23-12-7-11-22-21-10-5-6-13-24(21)27-25(22)23/h5-7,10-18H,2-4,8-9H2,1H3. The van der Waals surface area contributed by atoms with Crippen molar-refractivity contribution < 1.29 is 4.42 Å². The van der Waals surface area contributed by atoms with Crippen molar-refractivity contribution in [2.75, 3.05) is 11.9 Å². The second-order valence-corrected chi connectivity index (χ2v) is 7.74. The number of rotatable bonds is 3. The van der Waals surface area contributed by atoms with Crippen LogP contribution >= 0.6 is 0 Å². The lowest BCUT2D eigenvalue weighted by Crippen LogP contribution is -2.10. The number of fused-ring (bicyclic) bond motifs is 3. The molecule has 1 saturated carbocycles. The molecule has 3 aromatic carbocycles. The normalized spacial score (nSPS) is 15.4. The zero-order valence-corrected chi connectivity index (χ0v) is 15.8. The molecule has 1 aliphatic carbocycles. The number of anilines is 2. The fraction of sp³-hybridized carbons (Fsp3) is 0.280. The van der Waals surface area contributed by atoms with Gasteiger partial charge in [0.05, 0.1) is 5.69 Å². The fourth-order valence-electron chi connectivity index (χ4n) is 4.54. The third-order valence-electron chi connectivity index (χ3n) is 6.10. The summed E-state index contributed by atoms with van der Waals surface area (Å²) in [6, 6.07) is 23.8. The summed E-state index contributed by atoms with van der Waals surface area (Å²) in [6.07, 6.45) is 6.83. The van der Waals surface area contributed by atoms with E-state index in [4.69, 9.17) is 4.42 Å². The average Bonchev–Trinajstić information content (AvgIpc) is 3.13. The van der Waals surface area contributed by atoms with Gasteiger partial charge >= 0.3 is 0 Å². The third kappa shape index (κ3) is 2.90. The molecule has 0 N–H and O–H groups in total. The van der Waals surface area contributed by atoms with Crippen LogP contribution in [0.5, 0.6) is 0 Å². The van der Waals surface area contributed by atoms with Gasteiger partial charge in [0.25, 0.3) is 0 Å². The van der Waals surface area contributed by atoms with E-state index in [1.807, 2.05) is 12.1 Å². The molecule has 2 nitrogen and oxygen atoms in total. The lowest BCUT2D eigenvalue weighted by atomic mass is 9.84. The van der Waals surface area contributed by atoms with E-state index in [0.29, 0.717) is 0 Å². The molecule has 4 aromatic rings. The van der Waals surface area contributed by atoms with Gasteiger partial charge in [-0.1, -0.05) is 61.7 Å². The highest BCUT2D eigenvalue weighted by Gasteiger charge is 2.17. The first kappa shape index (κ1) is 16.4. The maximum atomic E-state index is 6.20. The molecule has 1 fully saturated rings. The van der Waals surface area contributed by atoms with Gasteiger partial charge in [-0.15, -0.1) is 0 Å². The quantitative estimate of drug-likeness (QED) is 0.380. The van der Waals surface area contributed by atoms with Crippen LogP contribution in [0.1, 0.15) is 43.6 Å². The topological polar surface area (TPSA) is 16.4 Å². The Hall–Kier alpha value is -2.74. The summed E-state index contributed by atoms with van der Waals surface area (Å²) in [5, 5.41) is 2.35. The molecule has 0 unspecified atom stereocenters. The van der Waals surface area contributed by atoms with E-state index in [-0.39, 0.29) is 0 Å². The fourth-order valence-corrected chi connectivity index (χ4v) is 4.54. The molecule has 0 amide bonds. The van der Waals surface area contributed by atoms with Crippen molar-refractivity contribution in [1.82, 2.24) is 0 Å². The van der Waals surface area contributed by atoms with E-state index in [1.54, 1.807) is 0 Å². The average molecular weight is 355 g/mol. The smallest absolute Gasteiger partial charge is 0.159 e. The van der Waals surface area contributed by atoms with Crippen LogP contribution in [0, 0.1) is 0 Å². The molecule has 5 rings (SSSR count). The van der Waals surface area contributed by atoms with Gasteiger partial charge in [0.15, 0.2) is 5.58 Å². The highest BCUT2D eigenvalue weighted by molar-refractivity contribution is 6.09. The van der Waals surface area contributed by atoms with Crippen molar-refractivity contribution in [3.63, 3.8) is 0 Å². The molecule has 1 aliphatic rings. The Balaban J connectivity index is 1.51. The molecule has 0 bridgehead atoms. The SMILES string of the molecule is CN(c1ccc(C2CCCCC2)cc1)c1cccc2c1oc1ccccc12. The third-order valence-corrected chi connectivity index (χ3v) is 6.10. The van der Waals surface area contributed by atoms with Crippen LogP contribution in [0.3, 0.4) is 0 Å². The van der Waals surface area contributed by atoms with Crippen LogP contribution in [0.25, 0.3) is 21.9 Å². The molecule has 0 radical (unpaired) electrons. The molecule has 2 heteroatoms. The first-order valence-electron chi connectivity index (χ1n) is 10.1. The molecule has 1 aromatic heterocycles. The van der Waals surface area contributed by atoms with Gasteiger partial charge in [0.1, 0.15) is 5.58 Å². The van der Waals surface area contributed by atoms with Gasteiger partial charge in [-0.05, 0) is 48.6 Å². The molecule has 0 spiro atoms. The molecule has 0 atom stereocenters.